The highest BCUT2D eigenvalue weighted by Crippen LogP contribution is 2.11. The smallest absolute Gasteiger partial charge is 0.407 e. The van der Waals surface area contributed by atoms with Crippen LogP contribution in [0.25, 0.3) is 0 Å². The van der Waals surface area contributed by atoms with E-state index in [1.54, 1.807) is 45.0 Å². The second-order valence-electron chi connectivity index (χ2n) is 8.30. The molecule has 9 heteroatoms. The van der Waals surface area contributed by atoms with Gasteiger partial charge in [-0.15, -0.1) is 0 Å². The Bertz CT molecular complexity index is 687. The fourth-order valence-corrected chi connectivity index (χ4v) is 2.42. The predicted octanol–water partition coefficient (Wildman–Crippen LogP) is 2.67. The van der Waals surface area contributed by atoms with E-state index in [1.165, 1.54) is 6.42 Å². The second-order valence-corrected chi connectivity index (χ2v) is 8.30. The summed E-state index contributed by atoms with van der Waals surface area (Å²) in [5, 5.41) is 17.1. The van der Waals surface area contributed by atoms with Crippen molar-refractivity contribution in [3.63, 3.8) is 0 Å². The fraction of sp³-hybridized carbons (Fsp3) is 0.609. The molecule has 0 fully saturated rings. The van der Waals surface area contributed by atoms with Crippen LogP contribution in [0, 0.1) is 0 Å². The van der Waals surface area contributed by atoms with Crippen molar-refractivity contribution in [3.05, 3.63) is 29.8 Å². The minimum Gasteiger partial charge on any atom is -0.444 e. The molecule has 1 atom stereocenters. The fourth-order valence-electron chi connectivity index (χ4n) is 2.42. The van der Waals surface area contributed by atoms with E-state index in [2.05, 4.69) is 29.8 Å². The monoisotopic (exact) mass is 452 g/mol. The highest BCUT2D eigenvalue weighted by atomic mass is 16.6. The first-order chi connectivity index (χ1) is 15.1. The minimum absolute atomic E-state index is 0.0826. The van der Waals surface area contributed by atoms with Gasteiger partial charge in [0.05, 0.1) is 13.2 Å². The molecule has 6 N–H and O–H groups in total. The topological polar surface area (TPSA) is 143 Å². The summed E-state index contributed by atoms with van der Waals surface area (Å²) in [5.41, 5.74) is 6.07. The van der Waals surface area contributed by atoms with E-state index in [0.717, 1.165) is 5.56 Å². The highest BCUT2D eigenvalue weighted by Gasteiger charge is 2.20. The number of benzene rings is 1. The molecule has 32 heavy (non-hydrogen) atoms. The van der Waals surface area contributed by atoms with Gasteiger partial charge in [-0.1, -0.05) is 32.4 Å². The van der Waals surface area contributed by atoms with Crippen LogP contribution in [-0.2, 0) is 20.9 Å². The van der Waals surface area contributed by atoms with E-state index in [1.807, 2.05) is 0 Å². The number of unbranched alkanes of at least 4 members (excludes halogenated alkanes) is 1. The van der Waals surface area contributed by atoms with Gasteiger partial charge < -0.3 is 31.5 Å². The van der Waals surface area contributed by atoms with Crippen LogP contribution in [0.4, 0.5) is 10.5 Å². The summed E-state index contributed by atoms with van der Waals surface area (Å²) in [6.07, 6.45) is 2.37. The van der Waals surface area contributed by atoms with Gasteiger partial charge in [0, 0.05) is 12.2 Å². The van der Waals surface area contributed by atoms with Gasteiger partial charge in [-0.2, -0.15) is 0 Å². The van der Waals surface area contributed by atoms with Crippen molar-refractivity contribution in [2.75, 3.05) is 18.4 Å². The van der Waals surface area contributed by atoms with Crippen LogP contribution in [-0.4, -0.2) is 47.7 Å². The molecule has 0 aliphatic rings. The van der Waals surface area contributed by atoms with E-state index in [9.17, 15) is 14.4 Å². The number of anilines is 1. The van der Waals surface area contributed by atoms with E-state index < -0.39 is 23.6 Å². The van der Waals surface area contributed by atoms with Crippen molar-refractivity contribution in [3.8, 4) is 0 Å². The minimum atomic E-state index is -0.745. The summed E-state index contributed by atoms with van der Waals surface area (Å²) in [4.78, 5) is 35.8. The zero-order chi connectivity index (χ0) is 24.6. The lowest BCUT2D eigenvalue weighted by atomic mass is 10.1. The van der Waals surface area contributed by atoms with E-state index in [4.69, 9.17) is 15.6 Å². The van der Waals surface area contributed by atoms with Crippen molar-refractivity contribution in [2.45, 2.75) is 78.6 Å². The molecule has 0 aromatic heterocycles. The Balaban J connectivity index is 0.00000302. The van der Waals surface area contributed by atoms with Crippen molar-refractivity contribution < 1.29 is 24.2 Å². The highest BCUT2D eigenvalue weighted by molar-refractivity contribution is 5.97. The quantitative estimate of drug-likeness (QED) is 0.345. The van der Waals surface area contributed by atoms with Crippen LogP contribution in [0.2, 0.25) is 0 Å². The first kappa shape index (κ1) is 29.4. The normalized spacial score (nSPS) is 11.5. The van der Waals surface area contributed by atoms with E-state index in [-0.39, 0.29) is 19.1 Å². The molecular formula is C23H40N4O5. The molecule has 0 saturated carbocycles. The van der Waals surface area contributed by atoms with Crippen LogP contribution in [0.5, 0.6) is 0 Å². The maximum Gasteiger partial charge on any atom is 0.407 e. The number of rotatable bonds is 10. The summed E-state index contributed by atoms with van der Waals surface area (Å²) in [5.74, 6) is -0.781. The number of aliphatic hydroxyl groups excluding tert-OH is 1. The Kier molecular flexibility index (Phi) is 14.7. The number of ether oxygens (including phenoxy) is 1. The number of aliphatic hydroxyl groups is 1. The van der Waals surface area contributed by atoms with Gasteiger partial charge in [0.25, 0.3) is 0 Å². The van der Waals surface area contributed by atoms with Gasteiger partial charge in [-0.3, -0.25) is 9.59 Å². The van der Waals surface area contributed by atoms with Gasteiger partial charge in [0.15, 0.2) is 0 Å². The summed E-state index contributed by atoms with van der Waals surface area (Å²) in [7, 11) is 0. The molecule has 1 unspecified atom stereocenters. The third-order valence-corrected chi connectivity index (χ3v) is 3.83. The van der Waals surface area contributed by atoms with E-state index >= 15 is 0 Å². The average Bonchev–Trinajstić information content (AvgIpc) is 2.72. The lowest BCUT2D eigenvalue weighted by Gasteiger charge is -2.20. The molecule has 0 bridgehead atoms. The predicted molar refractivity (Wildman–Crippen MR) is 126 cm³/mol. The second kappa shape index (κ2) is 16.0. The molecule has 9 nitrogen and oxygen atoms in total. The zero-order valence-corrected chi connectivity index (χ0v) is 20.0. The third-order valence-electron chi connectivity index (χ3n) is 3.83. The maximum absolute atomic E-state index is 12.5. The first-order valence-corrected chi connectivity index (χ1v) is 11.0. The molecule has 0 aliphatic heterocycles. The number of hydrogen-bond acceptors (Lipinski definition) is 6. The Morgan fingerprint density at radius 3 is 2.19 bits per heavy atom. The van der Waals surface area contributed by atoms with Crippen LogP contribution in [0.15, 0.2) is 24.3 Å². The van der Waals surface area contributed by atoms with Gasteiger partial charge in [-0.25, -0.2) is 4.79 Å². The molecule has 0 radical (unpaired) electrons. The molecule has 0 aliphatic carbocycles. The maximum atomic E-state index is 12.5. The number of amides is 3. The van der Waals surface area contributed by atoms with Gasteiger partial charge >= 0.3 is 6.09 Å². The Hall–Kier alpha value is -2.65. The number of alkyl carbamates (subject to hydrolysis) is 1. The lowest BCUT2D eigenvalue weighted by molar-refractivity contribution is -0.125. The molecule has 1 rings (SSSR count). The van der Waals surface area contributed by atoms with Gasteiger partial charge in [0.1, 0.15) is 11.6 Å². The summed E-state index contributed by atoms with van der Waals surface area (Å²) in [6, 6.07) is 6.01. The van der Waals surface area contributed by atoms with Gasteiger partial charge in [0.2, 0.25) is 11.8 Å². The Morgan fingerprint density at radius 1 is 1.09 bits per heavy atom. The number of nitrogens with two attached hydrogens (primary N) is 1. The number of carbonyl (C=O) groups excluding carboxylic acids is 3. The largest absolute Gasteiger partial charge is 0.444 e. The summed E-state index contributed by atoms with van der Waals surface area (Å²) < 4.78 is 5.15. The van der Waals surface area contributed by atoms with E-state index in [0.29, 0.717) is 31.5 Å². The molecule has 0 spiro atoms. The SMILES string of the molecule is CC(C)(C)OC(=O)NCCCCC(NC(=O)CN)C(=O)Nc1ccc(CO)cc1.CCC. The molecule has 1 aromatic rings. The van der Waals surface area contributed by atoms with Crippen molar-refractivity contribution in [1.82, 2.24) is 10.6 Å². The van der Waals surface area contributed by atoms with Crippen molar-refractivity contribution >= 4 is 23.6 Å². The summed E-state index contributed by atoms with van der Waals surface area (Å²) >= 11 is 0. The standard InChI is InChI=1S/C20H32N4O5.C3H8/c1-20(2,3)29-19(28)22-11-5-4-6-16(24-17(26)12-21)18(27)23-15-9-7-14(13-25)8-10-15;1-3-2/h7-10,16,25H,4-6,11-13,21H2,1-3H3,(H,22,28)(H,23,27)(H,24,26);3H2,1-2H3. The molecule has 0 heterocycles. The molecule has 1 aromatic carbocycles. The zero-order valence-electron chi connectivity index (χ0n) is 20.0. The number of carbonyl (C=O) groups is 3. The Labute approximate surface area is 191 Å². The van der Waals surface area contributed by atoms with Crippen LogP contribution in [0.1, 0.15) is 65.9 Å². The summed E-state index contributed by atoms with van der Waals surface area (Å²) in [6.45, 7) is 9.71. The van der Waals surface area contributed by atoms with Gasteiger partial charge in [-0.05, 0) is 57.7 Å². The number of hydrogen-bond donors (Lipinski definition) is 5. The molecule has 3 amide bonds. The third kappa shape index (κ3) is 14.4. The molecule has 0 saturated heterocycles. The average molecular weight is 453 g/mol. The lowest BCUT2D eigenvalue weighted by Crippen LogP contribution is -2.46. The molecule has 182 valence electrons. The molecular weight excluding hydrogens is 412 g/mol. The van der Waals surface area contributed by atoms with Crippen molar-refractivity contribution in [2.24, 2.45) is 5.73 Å². The van der Waals surface area contributed by atoms with Crippen LogP contribution in [0.3, 0.4) is 0 Å². The Morgan fingerprint density at radius 2 is 1.69 bits per heavy atom. The first-order valence-electron chi connectivity index (χ1n) is 11.0. The number of nitrogens with one attached hydrogen (secondary N) is 3. The van der Waals surface area contributed by atoms with Crippen LogP contribution >= 0.6 is 0 Å². The van der Waals surface area contributed by atoms with Crippen LogP contribution < -0.4 is 21.7 Å². The van der Waals surface area contributed by atoms with Crippen molar-refractivity contribution in [1.29, 1.82) is 0 Å².